The smallest absolute Gasteiger partial charge is 0.197 e. The number of nitrogens with one attached hydrogen (secondary N) is 1. The lowest BCUT2D eigenvalue weighted by atomic mass is 9.56. The van der Waals surface area contributed by atoms with Gasteiger partial charge in [-0.15, -0.1) is 0 Å². The Kier molecular flexibility index (Phi) is 9.49. The van der Waals surface area contributed by atoms with E-state index in [1.165, 1.54) is 77.0 Å². The zero-order valence-electron chi connectivity index (χ0n) is 35.6. The molecule has 2 heterocycles. The highest BCUT2D eigenvalue weighted by molar-refractivity contribution is 6.66. The van der Waals surface area contributed by atoms with Gasteiger partial charge in [0.1, 0.15) is 0 Å². The van der Waals surface area contributed by atoms with E-state index in [0.717, 1.165) is 39.3 Å². The molecule has 0 amide bonds. The molecule has 1 radical (unpaired) electrons. The Bertz CT molecular complexity index is 3240. The molecule has 0 atom stereocenters. The number of allylic oxidation sites excluding steroid dienone is 9. The minimum absolute atomic E-state index is 0.192. The summed E-state index contributed by atoms with van der Waals surface area (Å²) in [4.78, 5) is 6.37. The van der Waals surface area contributed by atoms with Gasteiger partial charge in [0.2, 0.25) is 0 Å². The fourth-order valence-corrected chi connectivity index (χ4v) is 9.51. The Morgan fingerprint density at radius 1 is 0.705 bits per heavy atom. The van der Waals surface area contributed by atoms with Crippen molar-refractivity contribution in [3.8, 4) is 11.1 Å². The number of hydrogen-bond donors (Lipinski definition) is 1. The number of fused-ring (bicyclic) bond motifs is 6. The van der Waals surface area contributed by atoms with E-state index in [4.69, 9.17) is 0 Å². The molecule has 2 aliphatic rings. The van der Waals surface area contributed by atoms with E-state index in [1.807, 2.05) is 0 Å². The third-order valence-corrected chi connectivity index (χ3v) is 12.9. The van der Waals surface area contributed by atoms with E-state index in [9.17, 15) is 0 Å². The maximum atomic E-state index is 4.46. The van der Waals surface area contributed by atoms with Gasteiger partial charge >= 0.3 is 0 Å². The lowest BCUT2D eigenvalue weighted by Gasteiger charge is -2.38. The summed E-state index contributed by atoms with van der Waals surface area (Å²) in [6.45, 7) is 15.8. The van der Waals surface area contributed by atoms with Gasteiger partial charge in [-0.3, -0.25) is 0 Å². The summed E-state index contributed by atoms with van der Waals surface area (Å²) in [5.74, 6) is 0. The molecule has 0 spiro atoms. The summed E-state index contributed by atoms with van der Waals surface area (Å²) in [7, 11) is 2.41. The number of para-hydroxylation sites is 1. The molecule has 7 aromatic carbocycles. The van der Waals surface area contributed by atoms with Crippen LogP contribution in [0.2, 0.25) is 0 Å². The molecule has 1 aliphatic heterocycles. The van der Waals surface area contributed by atoms with Crippen LogP contribution in [-0.2, 0) is 5.41 Å². The van der Waals surface area contributed by atoms with Crippen LogP contribution in [0.25, 0.3) is 60.9 Å². The van der Waals surface area contributed by atoms with Crippen LogP contribution >= 0.6 is 0 Å². The average Bonchev–Trinajstić information content (AvgIpc) is 3.77. The van der Waals surface area contributed by atoms with Crippen LogP contribution in [0.15, 0.2) is 205 Å². The van der Waals surface area contributed by atoms with Crippen LogP contribution in [0, 0.1) is 6.92 Å². The maximum Gasteiger partial charge on any atom is 0.197 e. The van der Waals surface area contributed by atoms with Gasteiger partial charge in [0.25, 0.3) is 0 Å². The van der Waals surface area contributed by atoms with Crippen molar-refractivity contribution in [3.63, 3.8) is 0 Å². The quantitative estimate of drug-likeness (QED) is 0.126. The van der Waals surface area contributed by atoms with Gasteiger partial charge in [-0.1, -0.05) is 183 Å². The normalized spacial score (nSPS) is 16.3. The van der Waals surface area contributed by atoms with Crippen molar-refractivity contribution in [2.75, 3.05) is 4.90 Å². The van der Waals surface area contributed by atoms with Crippen molar-refractivity contribution >= 4 is 68.2 Å². The number of anilines is 1. The van der Waals surface area contributed by atoms with Crippen molar-refractivity contribution < 1.29 is 0 Å². The molecule has 10 rings (SSSR count). The van der Waals surface area contributed by atoms with E-state index in [-0.39, 0.29) is 5.41 Å². The number of nitrogens with zero attached hydrogens (tertiary/aromatic N) is 1. The first kappa shape index (κ1) is 38.1. The summed E-state index contributed by atoms with van der Waals surface area (Å²) in [6, 6.07) is 54.9. The van der Waals surface area contributed by atoms with Crippen molar-refractivity contribution in [3.05, 3.63) is 233 Å². The third-order valence-electron chi connectivity index (χ3n) is 12.9. The molecule has 0 unspecified atom stereocenters. The van der Waals surface area contributed by atoms with Crippen LogP contribution in [0.3, 0.4) is 0 Å². The Morgan fingerprint density at radius 2 is 1.43 bits per heavy atom. The van der Waals surface area contributed by atoms with E-state index in [2.05, 4.69) is 240 Å². The minimum Gasteiger partial charge on any atom is -0.354 e. The second-order valence-corrected chi connectivity index (χ2v) is 17.1. The molecule has 0 fully saturated rings. The van der Waals surface area contributed by atoms with Crippen molar-refractivity contribution in [1.82, 2.24) is 4.98 Å². The van der Waals surface area contributed by atoms with E-state index >= 15 is 0 Å². The van der Waals surface area contributed by atoms with Crippen LogP contribution in [0.5, 0.6) is 0 Å². The molecule has 3 heteroatoms. The molecule has 1 aromatic heterocycles. The molecule has 0 bridgehead atoms. The number of aryl methyl sites for hydroxylation is 1. The highest BCUT2D eigenvalue weighted by Gasteiger charge is 2.35. The van der Waals surface area contributed by atoms with Gasteiger partial charge in [0.05, 0.1) is 5.52 Å². The summed E-state index contributed by atoms with van der Waals surface area (Å²) < 4.78 is 0. The Morgan fingerprint density at radius 3 is 2.23 bits per heavy atom. The monoisotopic (exact) mass is 783 g/mol. The fraction of sp³-hybridized carbons (Fsp3) is 0.103. The zero-order valence-corrected chi connectivity index (χ0v) is 35.6. The standard InChI is InChI=1S/C58H48BN2/c1-37-18-10-14-26-47(37)38(2)19-16-20-39(3)61-54-35-44(41-21-8-7-9-22-41)30-31-52(54)59-56(55(61)36-46-32-45-25-13-15-29-51(45)58(46,5)6)40(4)48-27-17-28-49-50-33-42-23-11-12-24-43(42)34-53(50)60-57(48)49/h7-36,60H,2H2,1,3-6H3/b19-16-,39-20+,55-36+,56-40-. The summed E-state index contributed by atoms with van der Waals surface area (Å²) in [6.07, 6.45) is 11.4. The maximum absolute atomic E-state index is 4.46. The molecule has 1 N–H and O–H groups in total. The van der Waals surface area contributed by atoms with E-state index in [1.54, 1.807) is 0 Å². The molecule has 0 saturated heterocycles. The molecule has 61 heavy (non-hydrogen) atoms. The predicted molar refractivity (Wildman–Crippen MR) is 264 cm³/mol. The topological polar surface area (TPSA) is 19.0 Å². The van der Waals surface area contributed by atoms with Gasteiger partial charge in [-0.2, -0.15) is 0 Å². The van der Waals surface area contributed by atoms with Gasteiger partial charge < -0.3 is 9.88 Å². The van der Waals surface area contributed by atoms with Crippen LogP contribution in [0.1, 0.15) is 55.5 Å². The van der Waals surface area contributed by atoms with E-state index in [0.29, 0.717) is 0 Å². The lowest BCUT2D eigenvalue weighted by Crippen LogP contribution is -2.38. The highest BCUT2D eigenvalue weighted by Crippen LogP contribution is 2.46. The minimum atomic E-state index is -0.192. The van der Waals surface area contributed by atoms with Crippen LogP contribution in [0.4, 0.5) is 5.69 Å². The second kappa shape index (κ2) is 15.2. The van der Waals surface area contributed by atoms with E-state index < -0.39 is 0 Å². The van der Waals surface area contributed by atoms with Gasteiger partial charge in [-0.25, -0.2) is 0 Å². The number of hydrogen-bond acceptors (Lipinski definition) is 1. The zero-order chi connectivity index (χ0) is 41.8. The average molecular weight is 784 g/mol. The Labute approximate surface area is 360 Å². The number of benzene rings is 7. The van der Waals surface area contributed by atoms with Gasteiger partial charge in [-0.05, 0) is 112 Å². The lowest BCUT2D eigenvalue weighted by molar-refractivity contribution is 0.653. The SMILES string of the molecule is C=C(/C=C\C=C(/C)N1C(=C/C2=Cc3ccccc3C2(C)C)/C(=C(\C)c2cccc3c2[nH]c2cc4ccccc4cc23)[B]c2ccc(-c3ccccc3)cc21)c1ccccc1C. The first-order chi connectivity index (χ1) is 29.7. The molecular formula is C58H48BN2. The number of H-pyrrole nitrogens is 1. The Hall–Kier alpha value is -7.10. The molecule has 1 aliphatic carbocycles. The first-order valence-electron chi connectivity index (χ1n) is 21.3. The van der Waals surface area contributed by atoms with Crippen molar-refractivity contribution in [2.24, 2.45) is 0 Å². The van der Waals surface area contributed by atoms with Crippen LogP contribution < -0.4 is 10.4 Å². The summed E-state index contributed by atoms with van der Waals surface area (Å²) in [5.41, 5.74) is 19.9. The molecule has 8 aromatic rings. The van der Waals surface area contributed by atoms with Crippen molar-refractivity contribution in [2.45, 2.75) is 40.0 Å². The fourth-order valence-electron chi connectivity index (χ4n) is 9.51. The second-order valence-electron chi connectivity index (χ2n) is 17.1. The number of aromatic amines is 1. The first-order valence-corrected chi connectivity index (χ1v) is 21.3. The highest BCUT2D eigenvalue weighted by atomic mass is 15.2. The molecule has 2 nitrogen and oxygen atoms in total. The third kappa shape index (κ3) is 6.71. The molecular weight excluding hydrogens is 735 g/mol. The Balaban J connectivity index is 1.20. The number of rotatable bonds is 7. The van der Waals surface area contributed by atoms with Gasteiger partial charge in [0, 0.05) is 44.3 Å². The predicted octanol–water partition coefficient (Wildman–Crippen LogP) is 14.5. The van der Waals surface area contributed by atoms with Gasteiger partial charge in [0.15, 0.2) is 7.28 Å². The summed E-state index contributed by atoms with van der Waals surface area (Å²) >= 11 is 0. The van der Waals surface area contributed by atoms with Crippen LogP contribution in [-0.4, -0.2) is 12.3 Å². The molecule has 0 saturated carbocycles. The molecule has 293 valence electrons. The largest absolute Gasteiger partial charge is 0.354 e. The van der Waals surface area contributed by atoms with Crippen molar-refractivity contribution in [1.29, 1.82) is 0 Å². The number of aromatic nitrogens is 1. The summed E-state index contributed by atoms with van der Waals surface area (Å²) in [5, 5.41) is 4.95.